The van der Waals surface area contributed by atoms with Gasteiger partial charge in [-0.05, 0) is 48.7 Å². The van der Waals surface area contributed by atoms with Crippen molar-refractivity contribution >= 4 is 28.9 Å². The monoisotopic (exact) mass is 333 g/mol. The number of methoxy groups -OCH3 is 1. The Morgan fingerprint density at radius 1 is 1.22 bits per heavy atom. The third-order valence-electron chi connectivity index (χ3n) is 4.27. The van der Waals surface area contributed by atoms with Gasteiger partial charge in [0.05, 0.1) is 12.5 Å². The number of nitrogens with one attached hydrogen (secondary N) is 1. The fraction of sp³-hybridized carbons (Fsp3) is 0.278. The molecule has 1 aliphatic carbocycles. The number of hydrogen-bond acceptors (Lipinski definition) is 3. The fourth-order valence-corrected chi connectivity index (χ4v) is 3.21. The molecule has 0 aliphatic heterocycles. The van der Waals surface area contributed by atoms with Gasteiger partial charge in [0.2, 0.25) is 0 Å². The predicted molar refractivity (Wildman–Crippen MR) is 89.0 cm³/mol. The standard InChI is InChI=1S/C18H17ClFNO2/c1-23-17(22)18(10-14(20)11-18)12-5-7-15(8-6-12)21-16-4-2-3-13(19)9-16/h2-9,14,21H,10-11H2,1H3. The molecule has 0 bridgehead atoms. The van der Waals surface area contributed by atoms with E-state index in [-0.39, 0.29) is 18.8 Å². The van der Waals surface area contributed by atoms with Gasteiger partial charge in [-0.25, -0.2) is 4.39 Å². The Hall–Kier alpha value is -2.07. The minimum absolute atomic E-state index is 0.181. The number of anilines is 2. The molecule has 120 valence electrons. The molecule has 2 aromatic rings. The first kappa shape index (κ1) is 15.8. The van der Waals surface area contributed by atoms with E-state index in [2.05, 4.69) is 5.32 Å². The van der Waals surface area contributed by atoms with Crippen LogP contribution in [0.25, 0.3) is 0 Å². The summed E-state index contributed by atoms with van der Waals surface area (Å²) in [6.45, 7) is 0. The molecule has 2 aromatic carbocycles. The second kappa shape index (κ2) is 6.20. The van der Waals surface area contributed by atoms with Crippen molar-refractivity contribution in [3.05, 3.63) is 59.1 Å². The summed E-state index contributed by atoms with van der Waals surface area (Å²) in [5.41, 5.74) is 1.69. The second-order valence-electron chi connectivity index (χ2n) is 5.79. The van der Waals surface area contributed by atoms with E-state index in [9.17, 15) is 9.18 Å². The third kappa shape index (κ3) is 3.04. The van der Waals surface area contributed by atoms with Crippen molar-refractivity contribution in [2.24, 2.45) is 0 Å². The van der Waals surface area contributed by atoms with E-state index in [0.29, 0.717) is 5.02 Å². The number of benzene rings is 2. The van der Waals surface area contributed by atoms with Crippen LogP contribution in [0.15, 0.2) is 48.5 Å². The molecule has 23 heavy (non-hydrogen) atoms. The molecule has 0 heterocycles. The summed E-state index contributed by atoms with van der Waals surface area (Å²) >= 11 is 5.96. The summed E-state index contributed by atoms with van der Waals surface area (Å²) in [7, 11) is 1.34. The zero-order chi connectivity index (χ0) is 16.4. The number of halogens is 2. The Morgan fingerprint density at radius 3 is 2.48 bits per heavy atom. The van der Waals surface area contributed by atoms with E-state index in [4.69, 9.17) is 16.3 Å². The quantitative estimate of drug-likeness (QED) is 0.829. The minimum Gasteiger partial charge on any atom is -0.468 e. The van der Waals surface area contributed by atoms with Crippen LogP contribution in [0.4, 0.5) is 15.8 Å². The number of hydrogen-bond donors (Lipinski definition) is 1. The van der Waals surface area contributed by atoms with Crippen LogP contribution in [0.2, 0.25) is 5.02 Å². The van der Waals surface area contributed by atoms with Crippen molar-refractivity contribution in [2.45, 2.75) is 24.4 Å². The van der Waals surface area contributed by atoms with Crippen LogP contribution in [0.1, 0.15) is 18.4 Å². The van der Waals surface area contributed by atoms with Crippen LogP contribution in [0.3, 0.4) is 0 Å². The normalized spacial score (nSPS) is 23.0. The molecule has 1 N–H and O–H groups in total. The van der Waals surface area contributed by atoms with Gasteiger partial charge in [-0.3, -0.25) is 4.79 Å². The summed E-state index contributed by atoms with van der Waals surface area (Å²) in [6.07, 6.45) is -0.583. The summed E-state index contributed by atoms with van der Waals surface area (Å²) in [5.74, 6) is -0.373. The number of ether oxygens (including phenoxy) is 1. The molecule has 0 radical (unpaired) electrons. The second-order valence-corrected chi connectivity index (χ2v) is 6.23. The summed E-state index contributed by atoms with van der Waals surface area (Å²) in [6, 6.07) is 14.8. The summed E-state index contributed by atoms with van der Waals surface area (Å²) in [5, 5.41) is 3.89. The van der Waals surface area contributed by atoms with E-state index >= 15 is 0 Å². The highest BCUT2D eigenvalue weighted by atomic mass is 35.5. The first-order valence-electron chi connectivity index (χ1n) is 7.39. The van der Waals surface area contributed by atoms with Crippen LogP contribution in [-0.2, 0) is 14.9 Å². The summed E-state index contributed by atoms with van der Waals surface area (Å²) < 4.78 is 18.2. The van der Waals surface area contributed by atoms with Crippen molar-refractivity contribution < 1.29 is 13.9 Å². The maximum absolute atomic E-state index is 13.4. The maximum Gasteiger partial charge on any atom is 0.316 e. The Morgan fingerprint density at radius 2 is 1.91 bits per heavy atom. The van der Waals surface area contributed by atoms with Crippen LogP contribution < -0.4 is 5.32 Å². The van der Waals surface area contributed by atoms with Crippen LogP contribution >= 0.6 is 11.6 Å². The Balaban J connectivity index is 1.80. The highest BCUT2D eigenvalue weighted by Gasteiger charge is 2.52. The van der Waals surface area contributed by atoms with Gasteiger partial charge in [0.1, 0.15) is 6.17 Å². The number of rotatable bonds is 4. The largest absolute Gasteiger partial charge is 0.468 e. The van der Waals surface area contributed by atoms with Crippen molar-refractivity contribution in [2.75, 3.05) is 12.4 Å². The van der Waals surface area contributed by atoms with Crippen LogP contribution in [0, 0.1) is 0 Å². The Bertz CT molecular complexity index is 711. The van der Waals surface area contributed by atoms with Crippen molar-refractivity contribution in [3.63, 3.8) is 0 Å². The molecule has 0 atom stereocenters. The maximum atomic E-state index is 13.4. The van der Waals surface area contributed by atoms with Crippen LogP contribution in [-0.4, -0.2) is 19.3 Å². The van der Waals surface area contributed by atoms with Crippen molar-refractivity contribution in [3.8, 4) is 0 Å². The lowest BCUT2D eigenvalue weighted by molar-refractivity contribution is -0.154. The average Bonchev–Trinajstić information content (AvgIpc) is 2.52. The molecule has 0 saturated heterocycles. The molecule has 5 heteroatoms. The number of carbonyl (C=O) groups is 1. The molecule has 0 unspecified atom stereocenters. The van der Waals surface area contributed by atoms with E-state index in [0.717, 1.165) is 16.9 Å². The molecule has 3 nitrogen and oxygen atoms in total. The summed E-state index contributed by atoms with van der Waals surface area (Å²) in [4.78, 5) is 12.1. The van der Waals surface area contributed by atoms with E-state index in [1.807, 2.05) is 42.5 Å². The molecular weight excluding hydrogens is 317 g/mol. The van der Waals surface area contributed by atoms with E-state index < -0.39 is 11.6 Å². The van der Waals surface area contributed by atoms with Crippen LogP contribution in [0.5, 0.6) is 0 Å². The number of alkyl halides is 1. The molecule has 1 fully saturated rings. The number of esters is 1. The molecule has 0 amide bonds. The number of carbonyl (C=O) groups excluding carboxylic acids is 1. The lowest BCUT2D eigenvalue weighted by Crippen LogP contribution is -2.49. The average molecular weight is 334 g/mol. The van der Waals surface area contributed by atoms with E-state index in [1.54, 1.807) is 6.07 Å². The van der Waals surface area contributed by atoms with Gasteiger partial charge in [-0.1, -0.05) is 29.8 Å². The van der Waals surface area contributed by atoms with Gasteiger partial charge in [-0.15, -0.1) is 0 Å². The first-order chi connectivity index (χ1) is 11.0. The fourth-order valence-electron chi connectivity index (χ4n) is 3.02. The smallest absolute Gasteiger partial charge is 0.316 e. The van der Waals surface area contributed by atoms with Gasteiger partial charge in [0, 0.05) is 16.4 Å². The Kier molecular flexibility index (Phi) is 4.26. The molecule has 0 aromatic heterocycles. The predicted octanol–water partition coefficient (Wildman–Crippen LogP) is 4.63. The van der Waals surface area contributed by atoms with Gasteiger partial charge in [0.15, 0.2) is 0 Å². The highest BCUT2D eigenvalue weighted by molar-refractivity contribution is 6.30. The zero-order valence-electron chi connectivity index (χ0n) is 12.7. The Labute approximate surface area is 139 Å². The third-order valence-corrected chi connectivity index (χ3v) is 4.50. The molecule has 1 saturated carbocycles. The van der Waals surface area contributed by atoms with Gasteiger partial charge >= 0.3 is 5.97 Å². The highest BCUT2D eigenvalue weighted by Crippen LogP contribution is 2.46. The molecular formula is C18H17ClFNO2. The van der Waals surface area contributed by atoms with E-state index in [1.165, 1.54) is 7.11 Å². The van der Waals surface area contributed by atoms with Gasteiger partial charge < -0.3 is 10.1 Å². The van der Waals surface area contributed by atoms with Gasteiger partial charge in [0.25, 0.3) is 0 Å². The van der Waals surface area contributed by atoms with Crippen molar-refractivity contribution in [1.29, 1.82) is 0 Å². The minimum atomic E-state index is -0.946. The SMILES string of the molecule is COC(=O)C1(c2ccc(Nc3cccc(Cl)c3)cc2)CC(F)C1. The molecule has 3 rings (SSSR count). The lowest BCUT2D eigenvalue weighted by atomic mass is 9.63. The zero-order valence-corrected chi connectivity index (χ0v) is 13.4. The lowest BCUT2D eigenvalue weighted by Gasteiger charge is -2.41. The van der Waals surface area contributed by atoms with Crippen molar-refractivity contribution in [1.82, 2.24) is 0 Å². The molecule has 0 spiro atoms. The van der Waals surface area contributed by atoms with Gasteiger partial charge in [-0.2, -0.15) is 0 Å². The first-order valence-corrected chi connectivity index (χ1v) is 7.77. The topological polar surface area (TPSA) is 38.3 Å². The molecule has 1 aliphatic rings.